The van der Waals surface area contributed by atoms with E-state index in [0.717, 1.165) is 29.1 Å². The Bertz CT molecular complexity index is 704. The van der Waals surface area contributed by atoms with Crippen LogP contribution >= 0.6 is 27.3 Å². The maximum atomic E-state index is 13.4. The fourth-order valence-corrected chi connectivity index (χ4v) is 4.43. The first-order chi connectivity index (χ1) is 10.0. The van der Waals surface area contributed by atoms with Crippen LogP contribution in [0.1, 0.15) is 29.3 Å². The van der Waals surface area contributed by atoms with Crippen molar-refractivity contribution >= 4 is 38.6 Å². The second-order valence-corrected chi connectivity index (χ2v) is 7.46. The molecule has 2 aromatic rings. The van der Waals surface area contributed by atoms with Gasteiger partial charge >= 0.3 is 5.69 Å². The molecule has 1 atom stereocenters. The number of benzene rings is 1. The average Bonchev–Trinajstić information content (AvgIpc) is 2.82. The lowest BCUT2D eigenvalue weighted by molar-refractivity contribution is -0.387. The van der Waals surface area contributed by atoms with Gasteiger partial charge in [0.2, 0.25) is 5.82 Å². The number of halogens is 2. The van der Waals surface area contributed by atoms with Gasteiger partial charge in [-0.25, -0.2) is 0 Å². The number of nitro groups is 1. The van der Waals surface area contributed by atoms with E-state index in [1.165, 1.54) is 22.6 Å². The molecule has 1 unspecified atom stereocenters. The number of anilines is 1. The van der Waals surface area contributed by atoms with Gasteiger partial charge in [-0.15, -0.1) is 11.3 Å². The van der Waals surface area contributed by atoms with E-state index >= 15 is 0 Å². The standard InChI is InChI=1S/C14H12BrFN2O2S/c15-14-7-9-11(2-1-3-13(9)21-14)17-8-4-5-10(16)12(6-8)18(19)20/h4-7,11,17H,1-3H2. The van der Waals surface area contributed by atoms with Crippen molar-refractivity contribution in [3.63, 3.8) is 0 Å². The minimum atomic E-state index is -0.812. The summed E-state index contributed by atoms with van der Waals surface area (Å²) in [6.45, 7) is 0. The number of fused-ring (bicyclic) bond motifs is 1. The smallest absolute Gasteiger partial charge is 0.306 e. The zero-order valence-corrected chi connectivity index (χ0v) is 13.3. The molecular weight excluding hydrogens is 359 g/mol. The number of rotatable bonds is 3. The molecule has 1 heterocycles. The summed E-state index contributed by atoms with van der Waals surface area (Å²) < 4.78 is 14.5. The Balaban J connectivity index is 1.88. The van der Waals surface area contributed by atoms with Crippen molar-refractivity contribution in [1.29, 1.82) is 0 Å². The van der Waals surface area contributed by atoms with Crippen molar-refractivity contribution in [1.82, 2.24) is 0 Å². The molecule has 1 aliphatic rings. The van der Waals surface area contributed by atoms with E-state index in [-0.39, 0.29) is 6.04 Å². The predicted octanol–water partition coefficient (Wildman–Crippen LogP) is 5.05. The second-order valence-electron chi connectivity index (χ2n) is 4.94. The van der Waals surface area contributed by atoms with Crippen molar-refractivity contribution in [2.75, 3.05) is 5.32 Å². The molecule has 0 saturated carbocycles. The molecule has 1 aromatic heterocycles. The molecule has 0 fully saturated rings. The van der Waals surface area contributed by atoms with Crippen LogP contribution in [0.2, 0.25) is 0 Å². The molecular formula is C14H12BrFN2O2S. The largest absolute Gasteiger partial charge is 0.378 e. The highest BCUT2D eigenvalue weighted by atomic mass is 79.9. The Labute approximate surface area is 133 Å². The number of thiophene rings is 1. The first-order valence-electron chi connectivity index (χ1n) is 6.53. The summed E-state index contributed by atoms with van der Waals surface area (Å²) in [5.74, 6) is -0.812. The van der Waals surface area contributed by atoms with Crippen LogP contribution in [0.4, 0.5) is 15.8 Å². The lowest BCUT2D eigenvalue weighted by Crippen LogP contribution is -2.15. The third kappa shape index (κ3) is 2.94. The van der Waals surface area contributed by atoms with Gasteiger partial charge in [0.25, 0.3) is 0 Å². The average molecular weight is 371 g/mol. The van der Waals surface area contributed by atoms with E-state index in [0.29, 0.717) is 5.69 Å². The summed E-state index contributed by atoms with van der Waals surface area (Å²) in [5, 5.41) is 14.1. The van der Waals surface area contributed by atoms with Crippen LogP contribution < -0.4 is 5.32 Å². The first-order valence-corrected chi connectivity index (χ1v) is 8.14. The third-order valence-electron chi connectivity index (χ3n) is 3.57. The van der Waals surface area contributed by atoms with Crippen LogP contribution in [-0.2, 0) is 6.42 Å². The van der Waals surface area contributed by atoms with E-state index in [4.69, 9.17) is 0 Å². The van der Waals surface area contributed by atoms with Gasteiger partial charge in [0.15, 0.2) is 0 Å². The topological polar surface area (TPSA) is 55.2 Å². The number of nitro benzene ring substituents is 1. The van der Waals surface area contributed by atoms with E-state index in [1.54, 1.807) is 11.3 Å². The Kier molecular flexibility index (Phi) is 3.95. The number of nitrogens with one attached hydrogen (secondary N) is 1. The molecule has 0 aliphatic heterocycles. The molecule has 4 nitrogen and oxygen atoms in total. The van der Waals surface area contributed by atoms with Gasteiger partial charge in [0, 0.05) is 16.6 Å². The third-order valence-corrected chi connectivity index (χ3v) is 5.28. The monoisotopic (exact) mass is 370 g/mol. The fourth-order valence-electron chi connectivity index (χ4n) is 2.61. The normalized spacial score (nSPS) is 17.3. The van der Waals surface area contributed by atoms with Crippen molar-refractivity contribution < 1.29 is 9.31 Å². The van der Waals surface area contributed by atoms with Crippen LogP contribution in [-0.4, -0.2) is 4.92 Å². The fraction of sp³-hybridized carbons (Fsp3) is 0.286. The van der Waals surface area contributed by atoms with Gasteiger partial charge in [0.05, 0.1) is 14.8 Å². The summed E-state index contributed by atoms with van der Waals surface area (Å²) in [5.41, 5.74) is 1.30. The van der Waals surface area contributed by atoms with Crippen LogP contribution in [0, 0.1) is 15.9 Å². The molecule has 110 valence electrons. The lowest BCUT2D eigenvalue weighted by Gasteiger charge is -2.24. The van der Waals surface area contributed by atoms with Crippen LogP contribution in [0.15, 0.2) is 28.1 Å². The Morgan fingerprint density at radius 1 is 1.43 bits per heavy atom. The molecule has 7 heteroatoms. The summed E-state index contributed by atoms with van der Waals surface area (Å²) in [7, 11) is 0. The molecule has 21 heavy (non-hydrogen) atoms. The highest BCUT2D eigenvalue weighted by molar-refractivity contribution is 9.11. The molecule has 3 rings (SSSR count). The molecule has 1 aliphatic carbocycles. The molecule has 0 bridgehead atoms. The molecule has 0 saturated heterocycles. The lowest BCUT2D eigenvalue weighted by atomic mass is 9.94. The maximum absolute atomic E-state index is 13.4. The van der Waals surface area contributed by atoms with Crippen LogP contribution in [0.3, 0.4) is 0 Å². The quantitative estimate of drug-likeness (QED) is 0.607. The Morgan fingerprint density at radius 2 is 2.24 bits per heavy atom. The van der Waals surface area contributed by atoms with Crippen LogP contribution in [0.25, 0.3) is 0 Å². The Morgan fingerprint density at radius 3 is 3.00 bits per heavy atom. The number of hydrogen-bond donors (Lipinski definition) is 1. The van der Waals surface area contributed by atoms with Crippen molar-refractivity contribution in [3.8, 4) is 0 Å². The SMILES string of the molecule is O=[N+]([O-])c1cc(NC2CCCc3sc(Br)cc32)ccc1F. The predicted molar refractivity (Wildman–Crippen MR) is 84.4 cm³/mol. The molecule has 0 radical (unpaired) electrons. The highest BCUT2D eigenvalue weighted by Crippen LogP contribution is 2.39. The van der Waals surface area contributed by atoms with Crippen molar-refractivity contribution in [2.45, 2.75) is 25.3 Å². The van der Waals surface area contributed by atoms with Gasteiger partial charge in [0.1, 0.15) is 0 Å². The van der Waals surface area contributed by atoms with Gasteiger partial charge in [-0.2, -0.15) is 4.39 Å². The zero-order valence-electron chi connectivity index (χ0n) is 10.9. The minimum Gasteiger partial charge on any atom is -0.378 e. The van der Waals surface area contributed by atoms with E-state index in [1.807, 2.05) is 0 Å². The summed E-state index contributed by atoms with van der Waals surface area (Å²) in [4.78, 5) is 11.4. The summed E-state index contributed by atoms with van der Waals surface area (Å²) >= 11 is 5.22. The molecule has 1 N–H and O–H groups in total. The molecule has 1 aromatic carbocycles. The van der Waals surface area contributed by atoms with E-state index in [9.17, 15) is 14.5 Å². The second kappa shape index (κ2) is 5.73. The number of hydrogen-bond acceptors (Lipinski definition) is 4. The first kappa shape index (κ1) is 14.5. The van der Waals surface area contributed by atoms with Crippen molar-refractivity contribution in [3.05, 3.63) is 54.4 Å². The molecule has 0 amide bonds. The van der Waals surface area contributed by atoms with Crippen LogP contribution in [0.5, 0.6) is 0 Å². The summed E-state index contributed by atoms with van der Waals surface area (Å²) in [6.07, 6.45) is 3.09. The van der Waals surface area contributed by atoms with Crippen molar-refractivity contribution in [2.24, 2.45) is 0 Å². The van der Waals surface area contributed by atoms with E-state index < -0.39 is 16.4 Å². The van der Waals surface area contributed by atoms with E-state index in [2.05, 4.69) is 27.3 Å². The number of nitrogens with zero attached hydrogens (tertiary/aromatic N) is 1. The molecule has 0 spiro atoms. The number of aryl methyl sites for hydroxylation is 1. The van der Waals surface area contributed by atoms with Gasteiger partial charge in [-0.3, -0.25) is 10.1 Å². The van der Waals surface area contributed by atoms with Gasteiger partial charge < -0.3 is 5.32 Å². The zero-order chi connectivity index (χ0) is 15.0. The summed E-state index contributed by atoms with van der Waals surface area (Å²) in [6, 6.07) is 6.13. The minimum absolute atomic E-state index is 0.112. The van der Waals surface area contributed by atoms with Gasteiger partial charge in [-0.05, 0) is 59.0 Å². The highest BCUT2D eigenvalue weighted by Gasteiger charge is 2.23. The Hall–Kier alpha value is -1.47. The maximum Gasteiger partial charge on any atom is 0.306 e. The van der Waals surface area contributed by atoms with Gasteiger partial charge in [-0.1, -0.05) is 0 Å².